The number of rotatable bonds is 2. The number of nitrogens with one attached hydrogen (secondary N) is 1. The summed E-state index contributed by atoms with van der Waals surface area (Å²) in [6, 6.07) is 7.88. The van der Waals surface area contributed by atoms with Crippen LogP contribution in [0, 0.1) is 6.92 Å². The molecule has 4 nitrogen and oxygen atoms in total. The van der Waals surface area contributed by atoms with Crippen LogP contribution in [0.15, 0.2) is 24.3 Å². The Balaban J connectivity index is 1.85. The van der Waals surface area contributed by atoms with Gasteiger partial charge >= 0.3 is 0 Å². The highest BCUT2D eigenvalue weighted by atomic mass is 35.5. The van der Waals surface area contributed by atoms with E-state index in [1.165, 1.54) is 11.3 Å². The molecule has 2 heterocycles. The van der Waals surface area contributed by atoms with Gasteiger partial charge in [-0.05, 0) is 26.0 Å². The number of thiazole rings is 1. The van der Waals surface area contributed by atoms with Crippen LogP contribution in [0.4, 0.5) is 0 Å². The van der Waals surface area contributed by atoms with Gasteiger partial charge in [0.25, 0.3) is 5.91 Å². The van der Waals surface area contributed by atoms with Gasteiger partial charge in [-0.3, -0.25) is 4.79 Å². The maximum Gasteiger partial charge on any atom is 0.265 e. The maximum atomic E-state index is 12.7. The van der Waals surface area contributed by atoms with Crippen LogP contribution in [0.5, 0.6) is 0 Å². The van der Waals surface area contributed by atoms with Crippen molar-refractivity contribution in [2.45, 2.75) is 19.9 Å². The fourth-order valence-corrected chi connectivity index (χ4v) is 3.74. The van der Waals surface area contributed by atoms with E-state index in [0.29, 0.717) is 11.1 Å². The first-order chi connectivity index (χ1) is 10.5. The third kappa shape index (κ3) is 3.16. The zero-order valence-electron chi connectivity index (χ0n) is 12.6. The Labute approximate surface area is 139 Å². The minimum Gasteiger partial charge on any atom is -0.335 e. The van der Waals surface area contributed by atoms with Gasteiger partial charge in [0.2, 0.25) is 0 Å². The molecular formula is C16H18ClN3OS. The smallest absolute Gasteiger partial charge is 0.265 e. The lowest BCUT2D eigenvalue weighted by Gasteiger charge is -2.31. The number of piperazine rings is 1. The van der Waals surface area contributed by atoms with E-state index in [0.717, 1.165) is 40.8 Å². The Morgan fingerprint density at radius 2 is 2.14 bits per heavy atom. The first kappa shape index (κ1) is 15.5. The largest absolute Gasteiger partial charge is 0.335 e. The summed E-state index contributed by atoms with van der Waals surface area (Å²) in [5.41, 5.74) is 1.79. The van der Waals surface area contributed by atoms with Crippen molar-refractivity contribution in [3.63, 3.8) is 0 Å². The molecule has 0 radical (unpaired) electrons. The number of hydrogen-bond acceptors (Lipinski definition) is 4. The summed E-state index contributed by atoms with van der Waals surface area (Å²) < 4.78 is 0. The number of carbonyl (C=O) groups is 1. The Hall–Kier alpha value is -1.43. The van der Waals surface area contributed by atoms with E-state index in [1.807, 2.05) is 36.1 Å². The molecule has 22 heavy (non-hydrogen) atoms. The van der Waals surface area contributed by atoms with E-state index in [1.54, 1.807) is 0 Å². The molecule has 1 atom stereocenters. The Kier molecular flexibility index (Phi) is 4.47. The van der Waals surface area contributed by atoms with Crippen LogP contribution in [-0.4, -0.2) is 41.5 Å². The van der Waals surface area contributed by atoms with Crippen LogP contribution >= 0.6 is 22.9 Å². The lowest BCUT2D eigenvalue weighted by molar-refractivity contribution is 0.0713. The van der Waals surface area contributed by atoms with E-state index in [4.69, 9.17) is 11.6 Å². The molecule has 0 bridgehead atoms. The average molecular weight is 336 g/mol. The number of hydrogen-bond donors (Lipinski definition) is 1. The quantitative estimate of drug-likeness (QED) is 0.916. The number of nitrogens with zero attached hydrogens (tertiary/aromatic N) is 2. The first-order valence-corrected chi connectivity index (χ1v) is 8.50. The summed E-state index contributed by atoms with van der Waals surface area (Å²) >= 11 is 7.37. The molecule has 1 saturated heterocycles. The second-order valence-electron chi connectivity index (χ2n) is 5.55. The van der Waals surface area contributed by atoms with Gasteiger partial charge in [0.05, 0.1) is 5.69 Å². The molecule has 1 aromatic carbocycles. The standard InChI is InChI=1S/C16H18ClN3OS/c1-10-9-20(8-7-18-10)16(21)14-11(2)19-15(22-14)12-3-5-13(17)6-4-12/h3-6,10,18H,7-9H2,1-2H3. The molecular weight excluding hydrogens is 318 g/mol. The van der Waals surface area contributed by atoms with Crippen LogP contribution in [0.1, 0.15) is 22.3 Å². The monoisotopic (exact) mass is 335 g/mol. The number of amides is 1. The molecule has 0 spiro atoms. The predicted octanol–water partition coefficient (Wildman–Crippen LogP) is 3.21. The molecule has 1 aliphatic heterocycles. The second-order valence-corrected chi connectivity index (χ2v) is 6.98. The van der Waals surface area contributed by atoms with Crippen LogP contribution in [0.25, 0.3) is 10.6 Å². The summed E-state index contributed by atoms with van der Waals surface area (Å²) in [6.07, 6.45) is 0. The number of halogens is 1. The number of aromatic nitrogens is 1. The zero-order valence-corrected chi connectivity index (χ0v) is 14.2. The van der Waals surface area contributed by atoms with E-state index in [-0.39, 0.29) is 5.91 Å². The lowest BCUT2D eigenvalue weighted by atomic mass is 10.2. The van der Waals surface area contributed by atoms with E-state index in [2.05, 4.69) is 17.2 Å². The van der Waals surface area contributed by atoms with Crippen molar-refractivity contribution in [1.82, 2.24) is 15.2 Å². The highest BCUT2D eigenvalue weighted by Gasteiger charge is 2.25. The number of benzene rings is 1. The van der Waals surface area contributed by atoms with Crippen molar-refractivity contribution < 1.29 is 4.79 Å². The third-order valence-corrected chi connectivity index (χ3v) is 5.18. The van der Waals surface area contributed by atoms with E-state index < -0.39 is 0 Å². The summed E-state index contributed by atoms with van der Waals surface area (Å²) in [5.74, 6) is 0.0866. The van der Waals surface area contributed by atoms with E-state index in [9.17, 15) is 4.79 Å². The van der Waals surface area contributed by atoms with Gasteiger partial charge in [-0.1, -0.05) is 23.7 Å². The predicted molar refractivity (Wildman–Crippen MR) is 90.7 cm³/mol. The molecule has 1 aromatic heterocycles. The number of carbonyl (C=O) groups excluding carboxylic acids is 1. The van der Waals surface area contributed by atoms with Crippen molar-refractivity contribution in [3.8, 4) is 10.6 Å². The normalized spacial score (nSPS) is 18.5. The summed E-state index contributed by atoms with van der Waals surface area (Å²) in [4.78, 5) is 19.9. The molecule has 3 rings (SSSR count). The van der Waals surface area contributed by atoms with Crippen LogP contribution in [-0.2, 0) is 0 Å². The molecule has 0 aliphatic carbocycles. The molecule has 1 amide bonds. The van der Waals surface area contributed by atoms with Gasteiger partial charge in [0, 0.05) is 36.3 Å². The van der Waals surface area contributed by atoms with Crippen molar-refractivity contribution in [1.29, 1.82) is 0 Å². The van der Waals surface area contributed by atoms with Gasteiger partial charge in [0.15, 0.2) is 0 Å². The summed E-state index contributed by atoms with van der Waals surface area (Å²) in [5, 5.41) is 4.91. The minimum absolute atomic E-state index is 0.0866. The molecule has 1 aliphatic rings. The molecule has 1 unspecified atom stereocenters. The van der Waals surface area contributed by atoms with Gasteiger partial charge in [-0.15, -0.1) is 11.3 Å². The van der Waals surface area contributed by atoms with Gasteiger partial charge in [-0.25, -0.2) is 4.98 Å². The van der Waals surface area contributed by atoms with Crippen LogP contribution < -0.4 is 5.32 Å². The van der Waals surface area contributed by atoms with Gasteiger partial charge in [0.1, 0.15) is 9.88 Å². The molecule has 6 heteroatoms. The molecule has 1 N–H and O–H groups in total. The minimum atomic E-state index is 0.0866. The number of aryl methyl sites for hydroxylation is 1. The van der Waals surface area contributed by atoms with E-state index >= 15 is 0 Å². The molecule has 1 fully saturated rings. The van der Waals surface area contributed by atoms with Crippen molar-refractivity contribution >= 4 is 28.8 Å². The van der Waals surface area contributed by atoms with Gasteiger partial charge in [-0.2, -0.15) is 0 Å². The topological polar surface area (TPSA) is 45.2 Å². The molecule has 116 valence electrons. The summed E-state index contributed by atoms with van der Waals surface area (Å²) in [7, 11) is 0. The lowest BCUT2D eigenvalue weighted by Crippen LogP contribution is -2.51. The fourth-order valence-electron chi connectivity index (χ4n) is 2.57. The average Bonchev–Trinajstić information content (AvgIpc) is 2.89. The fraction of sp³-hybridized carbons (Fsp3) is 0.375. The Morgan fingerprint density at radius 3 is 2.82 bits per heavy atom. The Bertz CT molecular complexity index is 683. The van der Waals surface area contributed by atoms with Crippen LogP contribution in [0.3, 0.4) is 0 Å². The molecule has 0 saturated carbocycles. The SMILES string of the molecule is Cc1nc(-c2ccc(Cl)cc2)sc1C(=O)N1CCNC(C)C1. The van der Waals surface area contributed by atoms with Crippen molar-refractivity contribution in [2.24, 2.45) is 0 Å². The highest BCUT2D eigenvalue weighted by molar-refractivity contribution is 7.17. The molecule has 2 aromatic rings. The second kappa shape index (κ2) is 6.36. The Morgan fingerprint density at radius 1 is 1.41 bits per heavy atom. The summed E-state index contributed by atoms with van der Waals surface area (Å²) in [6.45, 7) is 6.32. The third-order valence-electron chi connectivity index (χ3n) is 3.74. The first-order valence-electron chi connectivity index (χ1n) is 7.30. The maximum absolute atomic E-state index is 12.7. The van der Waals surface area contributed by atoms with Crippen molar-refractivity contribution in [3.05, 3.63) is 39.9 Å². The van der Waals surface area contributed by atoms with Crippen LogP contribution in [0.2, 0.25) is 5.02 Å². The van der Waals surface area contributed by atoms with Gasteiger partial charge < -0.3 is 10.2 Å². The highest BCUT2D eigenvalue weighted by Crippen LogP contribution is 2.29. The zero-order chi connectivity index (χ0) is 15.7. The van der Waals surface area contributed by atoms with Crippen molar-refractivity contribution in [2.75, 3.05) is 19.6 Å².